The summed E-state index contributed by atoms with van der Waals surface area (Å²) < 4.78 is 0. The molecule has 1 fully saturated rings. The van der Waals surface area contributed by atoms with Crippen molar-refractivity contribution >= 4 is 46.3 Å². The molecule has 1 aliphatic rings. The lowest BCUT2D eigenvalue weighted by atomic mass is 10.0. The van der Waals surface area contributed by atoms with Gasteiger partial charge < -0.3 is 20.9 Å². The normalized spacial score (nSPS) is 16.7. The number of thiophene rings is 1. The van der Waals surface area contributed by atoms with Crippen LogP contribution in [-0.2, 0) is 0 Å². The highest BCUT2D eigenvalue weighted by Gasteiger charge is 2.23. The molecule has 1 atom stereocenters. The van der Waals surface area contributed by atoms with Gasteiger partial charge in [0.25, 0.3) is 0 Å². The van der Waals surface area contributed by atoms with Crippen LogP contribution in [0.3, 0.4) is 0 Å². The summed E-state index contributed by atoms with van der Waals surface area (Å²) in [5.74, 6) is 0.891. The van der Waals surface area contributed by atoms with Gasteiger partial charge in [-0.25, -0.2) is 0 Å². The Morgan fingerprint density at radius 3 is 2.47 bits per heavy atom. The van der Waals surface area contributed by atoms with Gasteiger partial charge >= 0.3 is 0 Å². The maximum absolute atomic E-state index is 4.45. The molecule has 2 aromatic rings. The number of benzene rings is 1. The van der Waals surface area contributed by atoms with E-state index in [1.807, 2.05) is 18.4 Å². The van der Waals surface area contributed by atoms with Gasteiger partial charge in [-0.2, -0.15) is 0 Å². The van der Waals surface area contributed by atoms with Crippen LogP contribution in [0.4, 0.5) is 5.00 Å². The van der Waals surface area contributed by atoms with Crippen molar-refractivity contribution in [1.82, 2.24) is 16.0 Å². The van der Waals surface area contributed by atoms with Crippen LogP contribution in [0, 0.1) is 0 Å². The minimum Gasteiger partial charge on any atom is -0.363 e. The number of nitrogens with one attached hydrogen (secondary N) is 3. The Bertz CT molecular complexity index is 755. The van der Waals surface area contributed by atoms with E-state index in [-0.39, 0.29) is 29.5 Å². The van der Waals surface area contributed by atoms with Crippen molar-refractivity contribution in [3.8, 4) is 0 Å². The smallest absolute Gasteiger partial charge is 0.191 e. The van der Waals surface area contributed by atoms with Crippen LogP contribution in [-0.4, -0.2) is 44.2 Å². The first-order chi connectivity index (χ1) is 14.0. The Kier molecular flexibility index (Phi) is 9.90. The second-order valence-corrected chi connectivity index (χ2v) is 9.37. The van der Waals surface area contributed by atoms with Gasteiger partial charge in [-0.1, -0.05) is 30.3 Å². The molecule has 5 nitrogen and oxygen atoms in total. The van der Waals surface area contributed by atoms with Crippen molar-refractivity contribution in [2.24, 2.45) is 4.99 Å². The summed E-state index contributed by atoms with van der Waals surface area (Å²) in [6, 6.07) is 15.7. The zero-order valence-electron chi connectivity index (χ0n) is 18.5. The number of halogens is 1. The molecule has 1 saturated heterocycles. The Labute approximate surface area is 202 Å². The molecule has 7 heteroatoms. The molecule has 30 heavy (non-hydrogen) atoms. The molecule has 1 unspecified atom stereocenters. The Morgan fingerprint density at radius 1 is 1.17 bits per heavy atom. The monoisotopic (exact) mass is 541 g/mol. The van der Waals surface area contributed by atoms with Crippen LogP contribution in [0.25, 0.3) is 0 Å². The first-order valence-corrected chi connectivity index (χ1v) is 11.4. The van der Waals surface area contributed by atoms with Gasteiger partial charge in [-0.15, -0.1) is 35.3 Å². The molecular weight excluding hydrogens is 505 g/mol. The largest absolute Gasteiger partial charge is 0.363 e. The fourth-order valence-corrected chi connectivity index (χ4v) is 4.63. The fraction of sp³-hybridized carbons (Fsp3) is 0.522. The molecule has 2 heterocycles. The van der Waals surface area contributed by atoms with Crippen molar-refractivity contribution in [3.05, 3.63) is 53.4 Å². The summed E-state index contributed by atoms with van der Waals surface area (Å²) in [4.78, 5) is 6.93. The van der Waals surface area contributed by atoms with E-state index in [1.54, 1.807) is 0 Å². The molecule has 166 valence electrons. The molecule has 1 aliphatic heterocycles. The highest BCUT2D eigenvalue weighted by Crippen LogP contribution is 2.24. The molecule has 3 N–H and O–H groups in total. The second kappa shape index (κ2) is 11.9. The van der Waals surface area contributed by atoms with Crippen molar-refractivity contribution in [3.63, 3.8) is 0 Å². The van der Waals surface area contributed by atoms with Crippen molar-refractivity contribution in [2.75, 3.05) is 31.6 Å². The Morgan fingerprint density at radius 2 is 1.87 bits per heavy atom. The fourth-order valence-electron chi connectivity index (χ4n) is 3.85. The van der Waals surface area contributed by atoms with Crippen LogP contribution in [0.1, 0.15) is 45.2 Å². The number of nitrogens with zero attached hydrogens (tertiary/aromatic N) is 2. The van der Waals surface area contributed by atoms with E-state index in [0.717, 1.165) is 38.4 Å². The zero-order chi connectivity index (χ0) is 20.7. The quantitative estimate of drug-likeness (QED) is 0.272. The molecule has 1 aromatic carbocycles. The van der Waals surface area contributed by atoms with Crippen LogP contribution < -0.4 is 20.9 Å². The van der Waals surface area contributed by atoms with Crippen LogP contribution in [0.5, 0.6) is 0 Å². The summed E-state index contributed by atoms with van der Waals surface area (Å²) >= 11 is 1.83. The molecule has 0 amide bonds. The van der Waals surface area contributed by atoms with Crippen LogP contribution in [0.2, 0.25) is 0 Å². The van der Waals surface area contributed by atoms with E-state index in [2.05, 4.69) is 94.5 Å². The topological polar surface area (TPSA) is 51.7 Å². The molecular formula is C23H36IN5S. The summed E-state index contributed by atoms with van der Waals surface area (Å²) in [5, 5.41) is 14.4. The summed E-state index contributed by atoms with van der Waals surface area (Å²) in [6.07, 6.45) is 2.26. The molecule has 0 aliphatic carbocycles. The number of guanidine groups is 1. The summed E-state index contributed by atoms with van der Waals surface area (Å²) in [7, 11) is 1.85. The van der Waals surface area contributed by atoms with E-state index in [0.29, 0.717) is 12.1 Å². The van der Waals surface area contributed by atoms with E-state index in [9.17, 15) is 0 Å². The highest BCUT2D eigenvalue weighted by molar-refractivity contribution is 14.0. The van der Waals surface area contributed by atoms with E-state index in [4.69, 9.17) is 0 Å². The van der Waals surface area contributed by atoms with Gasteiger partial charge in [0.2, 0.25) is 0 Å². The lowest BCUT2D eigenvalue weighted by Gasteiger charge is -2.35. The third-order valence-corrected chi connectivity index (χ3v) is 6.41. The molecule has 0 bridgehead atoms. The third kappa shape index (κ3) is 7.42. The third-order valence-electron chi connectivity index (χ3n) is 5.48. The number of anilines is 1. The van der Waals surface area contributed by atoms with Crippen LogP contribution >= 0.6 is 35.3 Å². The zero-order valence-corrected chi connectivity index (χ0v) is 21.7. The van der Waals surface area contributed by atoms with Crippen molar-refractivity contribution in [1.29, 1.82) is 0 Å². The minimum absolute atomic E-state index is 0. The van der Waals surface area contributed by atoms with E-state index >= 15 is 0 Å². The van der Waals surface area contributed by atoms with Gasteiger partial charge in [0.05, 0.1) is 5.00 Å². The maximum atomic E-state index is 4.45. The van der Waals surface area contributed by atoms with Gasteiger partial charge in [-0.05, 0) is 56.7 Å². The van der Waals surface area contributed by atoms with Gasteiger partial charge in [0, 0.05) is 44.3 Å². The predicted molar refractivity (Wildman–Crippen MR) is 142 cm³/mol. The first-order valence-electron chi connectivity index (χ1n) is 10.5. The SMILES string of the molecule is CN=C(NCC(C)(C)NC(C)c1ccccc1)NC1CCN(c2cccs2)CC1.I. The number of hydrogen-bond donors (Lipinski definition) is 3. The number of hydrogen-bond acceptors (Lipinski definition) is 4. The van der Waals surface area contributed by atoms with E-state index < -0.39 is 0 Å². The van der Waals surface area contributed by atoms with Crippen molar-refractivity contribution < 1.29 is 0 Å². The highest BCUT2D eigenvalue weighted by atomic mass is 127. The van der Waals surface area contributed by atoms with Gasteiger partial charge in [0.1, 0.15) is 0 Å². The molecule has 3 rings (SSSR count). The van der Waals surface area contributed by atoms with Gasteiger partial charge in [0.15, 0.2) is 5.96 Å². The number of aliphatic imine (C=N–C) groups is 1. The summed E-state index contributed by atoms with van der Waals surface area (Å²) in [5.41, 5.74) is 1.25. The molecule has 0 saturated carbocycles. The van der Waals surface area contributed by atoms with Crippen LogP contribution in [0.15, 0.2) is 52.8 Å². The first kappa shape index (κ1) is 24.9. The summed E-state index contributed by atoms with van der Waals surface area (Å²) in [6.45, 7) is 9.66. The van der Waals surface area contributed by atoms with E-state index in [1.165, 1.54) is 10.6 Å². The van der Waals surface area contributed by atoms with Gasteiger partial charge in [-0.3, -0.25) is 4.99 Å². The Balaban J connectivity index is 0.00000320. The molecule has 0 radical (unpaired) electrons. The van der Waals surface area contributed by atoms with Crippen molar-refractivity contribution in [2.45, 2.75) is 51.2 Å². The maximum Gasteiger partial charge on any atom is 0.191 e. The second-order valence-electron chi connectivity index (χ2n) is 8.44. The standard InChI is InChI=1S/C23H35N5S.HI/c1-18(19-9-6-5-7-10-19)27-23(2,3)17-25-22(24-4)26-20-12-14-28(15-13-20)21-11-8-16-29-21;/h5-11,16,18,20,27H,12-15,17H2,1-4H3,(H2,24,25,26);1H. The number of rotatable bonds is 7. The number of piperidine rings is 1. The molecule has 1 aromatic heterocycles. The minimum atomic E-state index is -0.0601. The lowest BCUT2D eigenvalue weighted by molar-refractivity contribution is 0.343. The lowest BCUT2D eigenvalue weighted by Crippen LogP contribution is -2.54. The average Bonchev–Trinajstić information content (AvgIpc) is 3.27. The average molecular weight is 542 g/mol. The Hall–Kier alpha value is -1.32. The predicted octanol–water partition coefficient (Wildman–Crippen LogP) is 4.63. The molecule has 0 spiro atoms.